The zero-order chi connectivity index (χ0) is 15.4. The summed E-state index contributed by atoms with van der Waals surface area (Å²) in [6.07, 6.45) is 0.981. The van der Waals surface area contributed by atoms with Gasteiger partial charge in [0.05, 0.1) is 11.9 Å². The van der Waals surface area contributed by atoms with E-state index in [9.17, 15) is 4.79 Å². The van der Waals surface area contributed by atoms with Crippen LogP contribution in [-0.2, 0) is 11.2 Å². The minimum absolute atomic E-state index is 0.0148. The van der Waals surface area contributed by atoms with Gasteiger partial charge in [-0.3, -0.25) is 4.79 Å². The third kappa shape index (κ3) is 4.14. The molecule has 0 radical (unpaired) electrons. The number of hydrogen-bond donors (Lipinski definition) is 2. The molecule has 0 spiro atoms. The maximum Gasteiger partial charge on any atom is 0.239 e. The van der Waals surface area contributed by atoms with Gasteiger partial charge in [-0.2, -0.15) is 0 Å². The zero-order valence-electron chi connectivity index (χ0n) is 13.0. The highest BCUT2D eigenvalue weighted by Gasteiger charge is 2.11. The van der Waals surface area contributed by atoms with Crippen LogP contribution in [0, 0.1) is 12.8 Å². The normalized spacial score (nSPS) is 11.1. The molecular weight excluding hydrogens is 284 g/mol. The number of hydrogen-bond acceptors (Lipinski definition) is 5. The maximum absolute atomic E-state index is 11.8. The lowest BCUT2D eigenvalue weighted by atomic mass is 10.2. The Morgan fingerprint density at radius 1 is 1.38 bits per heavy atom. The van der Waals surface area contributed by atoms with E-state index in [1.807, 2.05) is 6.92 Å². The van der Waals surface area contributed by atoms with Crippen molar-refractivity contribution in [3.63, 3.8) is 0 Å². The Bertz CT molecular complexity index is 636. The first-order valence-corrected chi connectivity index (χ1v) is 8.08. The van der Waals surface area contributed by atoms with E-state index < -0.39 is 0 Å². The number of aromatic nitrogens is 2. The molecule has 0 aromatic carbocycles. The molecule has 2 aromatic heterocycles. The van der Waals surface area contributed by atoms with Gasteiger partial charge < -0.3 is 10.6 Å². The van der Waals surface area contributed by atoms with Crippen molar-refractivity contribution >= 4 is 33.3 Å². The van der Waals surface area contributed by atoms with Gasteiger partial charge in [0.1, 0.15) is 16.5 Å². The van der Waals surface area contributed by atoms with Crippen LogP contribution < -0.4 is 10.6 Å². The standard InChI is InChI=1S/C15H22N4OS/c1-5-11-6-12-14(18-10(4)19-15(12)21-11)17-8-13(20)16-7-9(2)3/h6,9H,5,7-8H2,1-4H3,(H,16,20)(H,17,18,19). The van der Waals surface area contributed by atoms with Crippen LogP contribution in [0.4, 0.5) is 5.82 Å². The van der Waals surface area contributed by atoms with E-state index in [-0.39, 0.29) is 12.5 Å². The molecule has 0 aliphatic carbocycles. The Kier molecular flexibility index (Phi) is 5.12. The summed E-state index contributed by atoms with van der Waals surface area (Å²) in [5.74, 6) is 1.90. The third-order valence-electron chi connectivity index (χ3n) is 3.03. The lowest BCUT2D eigenvalue weighted by molar-refractivity contribution is -0.119. The fourth-order valence-electron chi connectivity index (χ4n) is 1.93. The molecule has 2 N–H and O–H groups in total. The van der Waals surface area contributed by atoms with Gasteiger partial charge in [0.15, 0.2) is 0 Å². The van der Waals surface area contributed by atoms with Crippen LogP contribution in [0.3, 0.4) is 0 Å². The molecule has 1 amide bonds. The molecule has 6 heteroatoms. The third-order valence-corrected chi connectivity index (χ3v) is 4.20. The summed E-state index contributed by atoms with van der Waals surface area (Å²) in [6.45, 7) is 9.06. The van der Waals surface area contributed by atoms with Crippen LogP contribution >= 0.6 is 11.3 Å². The number of aryl methyl sites for hydroxylation is 2. The number of carbonyl (C=O) groups is 1. The molecule has 0 saturated heterocycles. The van der Waals surface area contributed by atoms with Gasteiger partial charge in [0.25, 0.3) is 0 Å². The second kappa shape index (κ2) is 6.85. The van der Waals surface area contributed by atoms with Crippen molar-refractivity contribution < 1.29 is 4.79 Å². The van der Waals surface area contributed by atoms with Crippen LogP contribution in [0.15, 0.2) is 6.07 Å². The zero-order valence-corrected chi connectivity index (χ0v) is 13.8. The number of nitrogens with zero attached hydrogens (tertiary/aromatic N) is 2. The second-order valence-corrected chi connectivity index (χ2v) is 6.57. The van der Waals surface area contributed by atoms with Crippen LogP contribution in [0.1, 0.15) is 31.5 Å². The molecule has 0 aliphatic heterocycles. The van der Waals surface area contributed by atoms with Crippen molar-refractivity contribution in [1.82, 2.24) is 15.3 Å². The highest BCUT2D eigenvalue weighted by atomic mass is 32.1. The molecule has 2 rings (SSSR count). The number of nitrogens with one attached hydrogen (secondary N) is 2. The fourth-order valence-corrected chi connectivity index (χ4v) is 2.94. The summed E-state index contributed by atoms with van der Waals surface area (Å²) in [5, 5.41) is 7.02. The Morgan fingerprint density at radius 3 is 2.81 bits per heavy atom. The number of thiophene rings is 1. The van der Waals surface area contributed by atoms with Crippen molar-refractivity contribution in [1.29, 1.82) is 0 Å². The van der Waals surface area contributed by atoms with E-state index in [0.717, 1.165) is 28.3 Å². The lowest BCUT2D eigenvalue weighted by Crippen LogP contribution is -2.32. The molecule has 21 heavy (non-hydrogen) atoms. The molecule has 2 heterocycles. The number of amides is 1. The molecule has 2 aromatic rings. The van der Waals surface area contributed by atoms with Gasteiger partial charge in [-0.1, -0.05) is 20.8 Å². The SMILES string of the molecule is CCc1cc2c(NCC(=O)NCC(C)C)nc(C)nc2s1. The van der Waals surface area contributed by atoms with Crippen molar-refractivity contribution in [3.05, 3.63) is 16.8 Å². The molecule has 0 fully saturated rings. The summed E-state index contributed by atoms with van der Waals surface area (Å²) in [7, 11) is 0. The van der Waals surface area contributed by atoms with E-state index in [1.54, 1.807) is 11.3 Å². The van der Waals surface area contributed by atoms with Gasteiger partial charge >= 0.3 is 0 Å². The molecule has 0 aliphatic rings. The average Bonchev–Trinajstić information content (AvgIpc) is 2.85. The fraction of sp³-hybridized carbons (Fsp3) is 0.533. The number of rotatable bonds is 6. The Labute approximate surface area is 129 Å². The summed E-state index contributed by atoms with van der Waals surface area (Å²) >= 11 is 1.68. The highest BCUT2D eigenvalue weighted by molar-refractivity contribution is 7.18. The predicted molar refractivity (Wildman–Crippen MR) is 87.9 cm³/mol. The molecule has 0 bridgehead atoms. The van der Waals surface area contributed by atoms with Crippen molar-refractivity contribution in [3.8, 4) is 0 Å². The monoisotopic (exact) mass is 306 g/mol. The van der Waals surface area contributed by atoms with Crippen LogP contribution in [-0.4, -0.2) is 29.0 Å². The lowest BCUT2D eigenvalue weighted by Gasteiger charge is -2.09. The minimum atomic E-state index is -0.0148. The summed E-state index contributed by atoms with van der Waals surface area (Å²) in [5.41, 5.74) is 0. The highest BCUT2D eigenvalue weighted by Crippen LogP contribution is 2.29. The second-order valence-electron chi connectivity index (χ2n) is 5.46. The average molecular weight is 306 g/mol. The maximum atomic E-state index is 11.8. The van der Waals surface area contributed by atoms with Gasteiger partial charge in [0.2, 0.25) is 5.91 Å². The first-order chi connectivity index (χ1) is 9.99. The Balaban J connectivity index is 2.10. The van der Waals surface area contributed by atoms with E-state index in [4.69, 9.17) is 0 Å². The minimum Gasteiger partial charge on any atom is -0.360 e. The van der Waals surface area contributed by atoms with Gasteiger partial charge in [-0.05, 0) is 25.3 Å². The number of carbonyl (C=O) groups excluding carboxylic acids is 1. The number of anilines is 1. The van der Waals surface area contributed by atoms with Crippen molar-refractivity contribution in [2.75, 3.05) is 18.4 Å². The molecule has 5 nitrogen and oxygen atoms in total. The largest absolute Gasteiger partial charge is 0.360 e. The number of fused-ring (bicyclic) bond motifs is 1. The molecular formula is C15H22N4OS. The van der Waals surface area contributed by atoms with Gasteiger partial charge in [0, 0.05) is 11.4 Å². The van der Waals surface area contributed by atoms with Crippen molar-refractivity contribution in [2.45, 2.75) is 34.1 Å². The first kappa shape index (κ1) is 15.7. The van der Waals surface area contributed by atoms with Crippen LogP contribution in [0.25, 0.3) is 10.2 Å². The summed E-state index contributed by atoms with van der Waals surface area (Å²) < 4.78 is 0. The Hall–Kier alpha value is -1.69. The van der Waals surface area contributed by atoms with E-state index in [2.05, 4.69) is 47.4 Å². The molecule has 114 valence electrons. The molecule has 0 unspecified atom stereocenters. The van der Waals surface area contributed by atoms with Crippen molar-refractivity contribution in [2.24, 2.45) is 5.92 Å². The van der Waals surface area contributed by atoms with Gasteiger partial charge in [-0.15, -0.1) is 11.3 Å². The van der Waals surface area contributed by atoms with E-state index in [1.165, 1.54) is 4.88 Å². The molecule has 0 saturated carbocycles. The first-order valence-electron chi connectivity index (χ1n) is 7.27. The smallest absolute Gasteiger partial charge is 0.239 e. The summed E-state index contributed by atoms with van der Waals surface area (Å²) in [6, 6.07) is 2.10. The van der Waals surface area contributed by atoms with Gasteiger partial charge in [-0.25, -0.2) is 9.97 Å². The predicted octanol–water partition coefficient (Wildman–Crippen LogP) is 2.75. The quantitative estimate of drug-likeness (QED) is 0.861. The van der Waals surface area contributed by atoms with Crippen LogP contribution in [0.2, 0.25) is 0 Å². The topological polar surface area (TPSA) is 66.9 Å². The van der Waals surface area contributed by atoms with Crippen LogP contribution in [0.5, 0.6) is 0 Å². The summed E-state index contributed by atoms with van der Waals surface area (Å²) in [4.78, 5) is 22.9. The molecule has 0 atom stereocenters. The van der Waals surface area contributed by atoms with E-state index in [0.29, 0.717) is 12.5 Å². The Morgan fingerprint density at radius 2 is 2.14 bits per heavy atom. The van der Waals surface area contributed by atoms with E-state index >= 15 is 0 Å².